The van der Waals surface area contributed by atoms with Crippen molar-refractivity contribution in [2.45, 2.75) is 91.4 Å². The Balaban J connectivity index is 2.11. The summed E-state index contributed by atoms with van der Waals surface area (Å²) in [6, 6.07) is 0.517. The number of carbonyl (C=O) groups excluding carboxylic acids is 1. The van der Waals surface area contributed by atoms with E-state index in [1.165, 1.54) is 12.8 Å². The molecule has 0 radical (unpaired) electrons. The number of hydrogen-bond acceptors (Lipinski definition) is 2. The standard InChI is InChI=1S/C17H32N2O/c1-6-7-14-16(20)19(15(18-14)10-12(2)3)13-8-9-17(4,5)11-13/h12-15,18H,6-11H2,1-5H3. The third-order valence-electron chi connectivity index (χ3n) is 4.89. The van der Waals surface area contributed by atoms with Crippen molar-refractivity contribution >= 4 is 5.91 Å². The van der Waals surface area contributed by atoms with E-state index in [0.717, 1.165) is 25.7 Å². The lowest BCUT2D eigenvalue weighted by atomic mass is 9.91. The van der Waals surface area contributed by atoms with Gasteiger partial charge in [-0.3, -0.25) is 10.1 Å². The van der Waals surface area contributed by atoms with E-state index >= 15 is 0 Å². The van der Waals surface area contributed by atoms with E-state index in [9.17, 15) is 4.79 Å². The fourth-order valence-electron chi connectivity index (χ4n) is 3.91. The minimum Gasteiger partial charge on any atom is -0.323 e. The van der Waals surface area contributed by atoms with Crippen molar-refractivity contribution in [3.8, 4) is 0 Å². The number of nitrogens with zero attached hydrogens (tertiary/aromatic N) is 1. The van der Waals surface area contributed by atoms with Gasteiger partial charge in [0.1, 0.15) is 0 Å². The van der Waals surface area contributed by atoms with Crippen molar-refractivity contribution in [1.29, 1.82) is 0 Å². The summed E-state index contributed by atoms with van der Waals surface area (Å²) in [4.78, 5) is 15.0. The molecule has 1 N–H and O–H groups in total. The van der Waals surface area contributed by atoms with Crippen LogP contribution in [0.4, 0.5) is 0 Å². The molecule has 1 aliphatic heterocycles. The first-order chi connectivity index (χ1) is 9.34. The third kappa shape index (κ3) is 3.36. The highest BCUT2D eigenvalue weighted by Crippen LogP contribution is 2.41. The first-order valence-electron chi connectivity index (χ1n) is 8.42. The lowest BCUT2D eigenvalue weighted by molar-refractivity contribution is -0.132. The molecule has 3 atom stereocenters. The quantitative estimate of drug-likeness (QED) is 0.835. The third-order valence-corrected chi connectivity index (χ3v) is 4.89. The van der Waals surface area contributed by atoms with Gasteiger partial charge in [-0.1, -0.05) is 41.0 Å². The number of carbonyl (C=O) groups is 1. The van der Waals surface area contributed by atoms with E-state index in [1.807, 2.05) is 0 Å². The van der Waals surface area contributed by atoms with Crippen LogP contribution >= 0.6 is 0 Å². The van der Waals surface area contributed by atoms with Gasteiger partial charge in [-0.05, 0) is 43.4 Å². The van der Waals surface area contributed by atoms with Crippen molar-refractivity contribution in [2.24, 2.45) is 11.3 Å². The lowest BCUT2D eigenvalue weighted by Crippen LogP contribution is -2.44. The second-order valence-corrected chi connectivity index (χ2v) is 7.96. The highest BCUT2D eigenvalue weighted by Gasteiger charge is 2.45. The van der Waals surface area contributed by atoms with Crippen molar-refractivity contribution in [1.82, 2.24) is 10.2 Å². The molecule has 3 nitrogen and oxygen atoms in total. The molecule has 3 unspecified atom stereocenters. The highest BCUT2D eigenvalue weighted by molar-refractivity contribution is 5.84. The van der Waals surface area contributed by atoms with Crippen LogP contribution in [0.5, 0.6) is 0 Å². The van der Waals surface area contributed by atoms with Gasteiger partial charge in [0, 0.05) is 6.04 Å². The van der Waals surface area contributed by atoms with E-state index in [4.69, 9.17) is 0 Å². The van der Waals surface area contributed by atoms with E-state index in [1.54, 1.807) is 0 Å². The second-order valence-electron chi connectivity index (χ2n) is 7.96. The van der Waals surface area contributed by atoms with Crippen molar-refractivity contribution < 1.29 is 4.79 Å². The first kappa shape index (κ1) is 15.8. The van der Waals surface area contributed by atoms with Crippen LogP contribution in [0.3, 0.4) is 0 Å². The summed E-state index contributed by atoms with van der Waals surface area (Å²) in [6.45, 7) is 11.3. The molecule has 2 aliphatic rings. The molecule has 1 aliphatic carbocycles. The summed E-state index contributed by atoms with van der Waals surface area (Å²) in [6.07, 6.45) is 6.96. The van der Waals surface area contributed by atoms with Crippen LogP contribution in [0, 0.1) is 11.3 Å². The van der Waals surface area contributed by atoms with E-state index in [0.29, 0.717) is 23.3 Å². The van der Waals surface area contributed by atoms with Crippen LogP contribution in [0.2, 0.25) is 0 Å². The molecule has 1 heterocycles. The van der Waals surface area contributed by atoms with E-state index in [-0.39, 0.29) is 12.2 Å². The van der Waals surface area contributed by atoms with Gasteiger partial charge in [0.05, 0.1) is 12.2 Å². The zero-order chi connectivity index (χ0) is 14.9. The number of nitrogens with one attached hydrogen (secondary N) is 1. The summed E-state index contributed by atoms with van der Waals surface area (Å²) in [7, 11) is 0. The Hall–Kier alpha value is -0.570. The van der Waals surface area contributed by atoms with Crippen LogP contribution in [0.25, 0.3) is 0 Å². The predicted molar refractivity (Wildman–Crippen MR) is 83.3 cm³/mol. The number of amides is 1. The van der Waals surface area contributed by atoms with Gasteiger partial charge in [-0.2, -0.15) is 0 Å². The molecule has 1 saturated heterocycles. The zero-order valence-electron chi connectivity index (χ0n) is 13.9. The Kier molecular flexibility index (Phi) is 4.78. The van der Waals surface area contributed by atoms with Gasteiger partial charge in [0.15, 0.2) is 0 Å². The molecular weight excluding hydrogens is 248 g/mol. The fourth-order valence-corrected chi connectivity index (χ4v) is 3.91. The Bertz CT molecular complexity index is 351. The van der Waals surface area contributed by atoms with Crippen molar-refractivity contribution in [3.05, 3.63) is 0 Å². The predicted octanol–water partition coefficient (Wildman–Crippen LogP) is 3.54. The van der Waals surface area contributed by atoms with Crippen LogP contribution < -0.4 is 5.32 Å². The normalized spacial score (nSPS) is 33.4. The van der Waals surface area contributed by atoms with Crippen molar-refractivity contribution in [2.75, 3.05) is 0 Å². The Labute approximate surface area is 124 Å². The molecule has 0 aromatic heterocycles. The molecule has 20 heavy (non-hydrogen) atoms. The van der Waals surface area contributed by atoms with E-state index < -0.39 is 0 Å². The maximum Gasteiger partial charge on any atom is 0.241 e. The van der Waals surface area contributed by atoms with Crippen molar-refractivity contribution in [3.63, 3.8) is 0 Å². The number of rotatable bonds is 5. The van der Waals surface area contributed by atoms with Crippen LogP contribution in [-0.4, -0.2) is 29.1 Å². The molecule has 0 spiro atoms. The molecule has 2 rings (SSSR count). The first-order valence-corrected chi connectivity index (χ1v) is 8.42. The highest BCUT2D eigenvalue weighted by atomic mass is 16.2. The molecule has 116 valence electrons. The zero-order valence-corrected chi connectivity index (χ0v) is 13.9. The van der Waals surface area contributed by atoms with Gasteiger partial charge < -0.3 is 4.90 Å². The lowest BCUT2D eigenvalue weighted by Gasteiger charge is -2.32. The van der Waals surface area contributed by atoms with Gasteiger partial charge in [0.25, 0.3) is 0 Å². The SMILES string of the molecule is CCCC1NC(CC(C)C)N(C2CCC(C)(C)C2)C1=O. The summed E-state index contributed by atoms with van der Waals surface area (Å²) in [5.74, 6) is 0.984. The monoisotopic (exact) mass is 280 g/mol. The summed E-state index contributed by atoms with van der Waals surface area (Å²) >= 11 is 0. The molecule has 1 amide bonds. The maximum atomic E-state index is 12.7. The van der Waals surface area contributed by atoms with Crippen LogP contribution in [0.15, 0.2) is 0 Å². The van der Waals surface area contributed by atoms with Crippen LogP contribution in [0.1, 0.15) is 73.1 Å². The Morgan fingerprint density at radius 3 is 2.60 bits per heavy atom. The molecule has 0 aromatic rings. The number of hydrogen-bond donors (Lipinski definition) is 1. The van der Waals surface area contributed by atoms with Gasteiger partial charge in [-0.15, -0.1) is 0 Å². The summed E-state index contributed by atoms with van der Waals surface area (Å²) in [5.41, 5.74) is 0.399. The second kappa shape index (κ2) is 6.05. The smallest absolute Gasteiger partial charge is 0.241 e. The molecular formula is C17H32N2O. The minimum atomic E-state index is 0.0625. The average Bonchev–Trinajstić information content (AvgIpc) is 2.80. The molecule has 3 heteroatoms. The van der Waals surface area contributed by atoms with Crippen LogP contribution in [-0.2, 0) is 4.79 Å². The summed E-state index contributed by atoms with van der Waals surface area (Å²) in [5, 5.41) is 3.60. The Morgan fingerprint density at radius 1 is 1.40 bits per heavy atom. The molecule has 0 bridgehead atoms. The van der Waals surface area contributed by atoms with Gasteiger partial charge in [-0.25, -0.2) is 0 Å². The van der Waals surface area contributed by atoms with Gasteiger partial charge >= 0.3 is 0 Å². The fraction of sp³-hybridized carbons (Fsp3) is 0.941. The minimum absolute atomic E-state index is 0.0625. The molecule has 1 saturated carbocycles. The largest absolute Gasteiger partial charge is 0.323 e. The molecule has 2 fully saturated rings. The average molecular weight is 280 g/mol. The molecule has 0 aromatic carbocycles. The van der Waals surface area contributed by atoms with Gasteiger partial charge in [0.2, 0.25) is 5.91 Å². The topological polar surface area (TPSA) is 32.3 Å². The summed E-state index contributed by atoms with van der Waals surface area (Å²) < 4.78 is 0. The maximum absolute atomic E-state index is 12.7. The van der Waals surface area contributed by atoms with E-state index in [2.05, 4.69) is 44.8 Å². The Morgan fingerprint density at radius 2 is 2.10 bits per heavy atom.